The molecule has 0 aromatic heterocycles. The minimum absolute atomic E-state index is 0.153. The van der Waals surface area contributed by atoms with Gasteiger partial charge in [-0.05, 0) is 17.7 Å². The first-order valence-electron chi connectivity index (χ1n) is 4.39. The topological polar surface area (TPSA) is 52.4 Å². The average molecular weight is 260 g/mol. The Morgan fingerprint density at radius 2 is 2.31 bits per heavy atom. The van der Waals surface area contributed by atoms with E-state index in [4.69, 9.17) is 16.3 Å². The lowest BCUT2D eigenvalue weighted by Crippen LogP contribution is -2.03. The van der Waals surface area contributed by atoms with Crippen LogP contribution in [0, 0.1) is 10.1 Å². The van der Waals surface area contributed by atoms with E-state index in [9.17, 15) is 10.1 Å². The third kappa shape index (κ3) is 3.43. The molecule has 0 aliphatic carbocycles. The highest BCUT2D eigenvalue weighted by atomic mass is 35.5. The van der Waals surface area contributed by atoms with Crippen LogP contribution in [0.3, 0.4) is 0 Å². The maximum atomic E-state index is 10.7. The van der Waals surface area contributed by atoms with Crippen LogP contribution < -0.4 is 4.74 Å². The van der Waals surface area contributed by atoms with Crippen molar-refractivity contribution in [1.29, 1.82) is 0 Å². The summed E-state index contributed by atoms with van der Waals surface area (Å²) in [5.41, 5.74) is 0.590. The molecule has 86 valence electrons. The number of benzene rings is 1. The Morgan fingerprint density at radius 3 is 2.88 bits per heavy atom. The zero-order valence-corrected chi connectivity index (χ0v) is 10.0. The molecular formula is C10H10ClNO3S. The van der Waals surface area contributed by atoms with Gasteiger partial charge < -0.3 is 4.74 Å². The van der Waals surface area contributed by atoms with Gasteiger partial charge in [0.25, 0.3) is 0 Å². The Hall–Kier alpha value is -1.20. The molecule has 1 rings (SSSR count). The predicted octanol–water partition coefficient (Wildman–Crippen LogP) is 3.11. The Bertz CT molecular complexity index is 423. The molecule has 0 saturated carbocycles. The van der Waals surface area contributed by atoms with E-state index in [1.54, 1.807) is 0 Å². The van der Waals surface area contributed by atoms with Gasteiger partial charge in [-0.1, -0.05) is 18.2 Å². The molecule has 0 aliphatic rings. The van der Waals surface area contributed by atoms with Gasteiger partial charge in [0.05, 0.1) is 4.92 Å². The third-order valence-corrected chi connectivity index (χ3v) is 2.46. The van der Waals surface area contributed by atoms with Crippen LogP contribution in [-0.2, 0) is 0 Å². The first-order valence-corrected chi connectivity index (χ1v) is 5.40. The smallest absolute Gasteiger partial charge is 0.312 e. The summed E-state index contributed by atoms with van der Waals surface area (Å²) in [4.78, 5) is 10.2. The van der Waals surface area contributed by atoms with Gasteiger partial charge in [0.1, 0.15) is 6.61 Å². The summed E-state index contributed by atoms with van der Waals surface area (Å²) in [6.45, 7) is 3.88. The van der Waals surface area contributed by atoms with E-state index < -0.39 is 4.92 Å². The van der Waals surface area contributed by atoms with E-state index in [2.05, 4.69) is 19.2 Å². The quantitative estimate of drug-likeness (QED) is 0.383. The summed E-state index contributed by atoms with van der Waals surface area (Å²) < 4.78 is 5.26. The highest BCUT2D eigenvalue weighted by Gasteiger charge is 2.15. The van der Waals surface area contributed by atoms with Gasteiger partial charge in [-0.3, -0.25) is 10.1 Å². The molecule has 0 bridgehead atoms. The molecule has 16 heavy (non-hydrogen) atoms. The van der Waals surface area contributed by atoms with E-state index in [0.29, 0.717) is 10.8 Å². The number of hydrogen-bond donors (Lipinski definition) is 1. The largest absolute Gasteiger partial charge is 0.482 e. The van der Waals surface area contributed by atoms with Crippen molar-refractivity contribution in [2.75, 3.05) is 12.4 Å². The number of nitro benzene ring substituents is 1. The van der Waals surface area contributed by atoms with Crippen molar-refractivity contribution in [2.45, 2.75) is 0 Å². The summed E-state index contributed by atoms with van der Waals surface area (Å²) in [5.74, 6) is 0.652. The van der Waals surface area contributed by atoms with Crippen molar-refractivity contribution in [1.82, 2.24) is 0 Å². The van der Waals surface area contributed by atoms with Gasteiger partial charge in [-0.2, -0.15) is 12.6 Å². The summed E-state index contributed by atoms with van der Waals surface area (Å²) in [7, 11) is 0. The first kappa shape index (κ1) is 12.9. The minimum atomic E-state index is -0.537. The van der Waals surface area contributed by atoms with Crippen LogP contribution in [-0.4, -0.2) is 17.3 Å². The SMILES string of the molecule is C=C(CS)COc1ccc(Cl)cc1[N+](=O)[O-]. The number of nitro groups is 1. The molecule has 0 spiro atoms. The number of nitrogens with zero attached hydrogens (tertiary/aromatic N) is 1. The second-order valence-electron chi connectivity index (χ2n) is 3.07. The van der Waals surface area contributed by atoms with Crippen molar-refractivity contribution in [3.8, 4) is 5.75 Å². The second-order valence-corrected chi connectivity index (χ2v) is 3.82. The van der Waals surface area contributed by atoms with Gasteiger partial charge in [0, 0.05) is 16.8 Å². The molecule has 4 nitrogen and oxygen atoms in total. The maximum absolute atomic E-state index is 10.7. The van der Waals surface area contributed by atoms with Crippen LogP contribution in [0.15, 0.2) is 30.4 Å². The first-order chi connectivity index (χ1) is 7.54. The van der Waals surface area contributed by atoms with Crippen LogP contribution in [0.25, 0.3) is 0 Å². The number of thiol groups is 1. The average Bonchev–Trinajstić information content (AvgIpc) is 2.26. The van der Waals surface area contributed by atoms with E-state index in [1.165, 1.54) is 18.2 Å². The van der Waals surface area contributed by atoms with Gasteiger partial charge in [-0.25, -0.2) is 0 Å². The van der Waals surface area contributed by atoms with Gasteiger partial charge >= 0.3 is 5.69 Å². The Morgan fingerprint density at radius 1 is 1.62 bits per heavy atom. The predicted molar refractivity (Wildman–Crippen MR) is 66.6 cm³/mol. The molecule has 0 N–H and O–H groups in total. The molecule has 0 fully saturated rings. The molecular weight excluding hydrogens is 250 g/mol. The van der Waals surface area contributed by atoms with Crippen LogP contribution in [0.2, 0.25) is 5.02 Å². The Balaban J connectivity index is 2.87. The summed E-state index contributed by atoms with van der Waals surface area (Å²) >= 11 is 9.67. The molecule has 6 heteroatoms. The van der Waals surface area contributed by atoms with E-state index in [1.807, 2.05) is 0 Å². The molecule has 0 radical (unpaired) electrons. The molecule has 0 heterocycles. The fourth-order valence-electron chi connectivity index (χ4n) is 0.981. The maximum Gasteiger partial charge on any atom is 0.312 e. The summed E-state index contributed by atoms with van der Waals surface area (Å²) in [6.07, 6.45) is 0. The number of hydrogen-bond acceptors (Lipinski definition) is 4. The molecule has 1 aromatic carbocycles. The zero-order valence-electron chi connectivity index (χ0n) is 8.35. The van der Waals surface area contributed by atoms with Gasteiger partial charge in [-0.15, -0.1) is 0 Å². The lowest BCUT2D eigenvalue weighted by atomic mass is 10.3. The molecule has 0 saturated heterocycles. The van der Waals surface area contributed by atoms with E-state index in [-0.39, 0.29) is 18.0 Å². The monoisotopic (exact) mass is 259 g/mol. The summed E-state index contributed by atoms with van der Waals surface area (Å²) in [5, 5.41) is 11.0. The van der Waals surface area contributed by atoms with Crippen molar-refractivity contribution in [3.63, 3.8) is 0 Å². The normalized spacial score (nSPS) is 9.88. The van der Waals surface area contributed by atoms with E-state index >= 15 is 0 Å². The molecule has 0 unspecified atom stereocenters. The standard InChI is InChI=1S/C10H10ClNO3S/c1-7(6-16)5-15-10-3-2-8(11)4-9(10)12(13)14/h2-4,16H,1,5-6H2. The molecule has 1 aromatic rings. The van der Waals surface area contributed by atoms with Crippen molar-refractivity contribution >= 4 is 29.9 Å². The molecule has 0 amide bonds. The fraction of sp³-hybridized carbons (Fsp3) is 0.200. The Labute approximate surface area is 103 Å². The lowest BCUT2D eigenvalue weighted by Gasteiger charge is -2.07. The lowest BCUT2D eigenvalue weighted by molar-refractivity contribution is -0.385. The number of rotatable bonds is 5. The second kappa shape index (κ2) is 5.77. The van der Waals surface area contributed by atoms with E-state index in [0.717, 1.165) is 5.57 Å². The van der Waals surface area contributed by atoms with Crippen molar-refractivity contribution in [2.24, 2.45) is 0 Å². The van der Waals surface area contributed by atoms with Crippen LogP contribution >= 0.6 is 24.2 Å². The zero-order chi connectivity index (χ0) is 12.1. The van der Waals surface area contributed by atoms with Crippen LogP contribution in [0.4, 0.5) is 5.69 Å². The Kier molecular flexibility index (Phi) is 4.64. The van der Waals surface area contributed by atoms with Crippen LogP contribution in [0.1, 0.15) is 0 Å². The highest BCUT2D eigenvalue weighted by molar-refractivity contribution is 7.80. The van der Waals surface area contributed by atoms with Gasteiger partial charge in [0.2, 0.25) is 0 Å². The van der Waals surface area contributed by atoms with Crippen LogP contribution in [0.5, 0.6) is 5.75 Å². The number of ether oxygens (including phenoxy) is 1. The molecule has 0 atom stereocenters. The van der Waals surface area contributed by atoms with Crippen molar-refractivity contribution < 1.29 is 9.66 Å². The number of halogens is 1. The van der Waals surface area contributed by atoms with Gasteiger partial charge in [0.15, 0.2) is 5.75 Å². The highest BCUT2D eigenvalue weighted by Crippen LogP contribution is 2.30. The minimum Gasteiger partial charge on any atom is -0.482 e. The fourth-order valence-corrected chi connectivity index (χ4v) is 1.24. The third-order valence-electron chi connectivity index (χ3n) is 1.77. The van der Waals surface area contributed by atoms with Crippen molar-refractivity contribution in [3.05, 3.63) is 45.5 Å². The molecule has 0 aliphatic heterocycles. The summed E-state index contributed by atoms with van der Waals surface area (Å²) in [6, 6.07) is 4.25.